The van der Waals surface area contributed by atoms with Crippen molar-refractivity contribution < 1.29 is 4.21 Å². The second kappa shape index (κ2) is 7.39. The van der Waals surface area contributed by atoms with E-state index in [4.69, 9.17) is 0 Å². The summed E-state index contributed by atoms with van der Waals surface area (Å²) in [5.74, 6) is 1.78. The summed E-state index contributed by atoms with van der Waals surface area (Å²) >= 11 is 0. The third-order valence-corrected chi connectivity index (χ3v) is 4.14. The molecular weight excluding hydrogens is 206 g/mol. The van der Waals surface area contributed by atoms with Crippen LogP contribution >= 0.6 is 0 Å². The van der Waals surface area contributed by atoms with Crippen LogP contribution in [0.1, 0.15) is 45.4 Å². The summed E-state index contributed by atoms with van der Waals surface area (Å²) in [6, 6.07) is 0.592. The van der Waals surface area contributed by atoms with Crippen molar-refractivity contribution in [2.45, 2.75) is 51.5 Å². The van der Waals surface area contributed by atoms with Gasteiger partial charge in [0.25, 0.3) is 0 Å². The fraction of sp³-hybridized carbons (Fsp3) is 1.00. The molecule has 15 heavy (non-hydrogen) atoms. The summed E-state index contributed by atoms with van der Waals surface area (Å²) in [5.41, 5.74) is 0. The Kier molecular flexibility index (Phi) is 6.50. The average Bonchev–Trinajstić information content (AvgIpc) is 2.66. The van der Waals surface area contributed by atoms with Crippen molar-refractivity contribution in [3.8, 4) is 0 Å². The Hall–Kier alpha value is 0.110. The van der Waals surface area contributed by atoms with Gasteiger partial charge in [0.2, 0.25) is 0 Å². The molecule has 1 fully saturated rings. The zero-order valence-corrected chi connectivity index (χ0v) is 10.9. The first kappa shape index (κ1) is 13.2. The van der Waals surface area contributed by atoms with Crippen LogP contribution in [0.4, 0.5) is 0 Å². The van der Waals surface area contributed by atoms with Crippen molar-refractivity contribution in [2.75, 3.05) is 18.6 Å². The van der Waals surface area contributed by atoms with Gasteiger partial charge in [-0.3, -0.25) is 4.21 Å². The smallest absolute Gasteiger partial charge is 0.0357 e. The van der Waals surface area contributed by atoms with E-state index in [9.17, 15) is 4.21 Å². The van der Waals surface area contributed by atoms with Crippen LogP contribution in [0.2, 0.25) is 0 Å². The maximum Gasteiger partial charge on any atom is 0.0357 e. The van der Waals surface area contributed by atoms with Gasteiger partial charge in [-0.25, -0.2) is 0 Å². The van der Waals surface area contributed by atoms with Crippen molar-refractivity contribution in [1.29, 1.82) is 0 Å². The van der Waals surface area contributed by atoms with E-state index in [1.54, 1.807) is 6.26 Å². The largest absolute Gasteiger partial charge is 0.313 e. The fourth-order valence-electron chi connectivity index (χ4n) is 2.34. The zero-order valence-electron chi connectivity index (χ0n) is 10.1. The van der Waals surface area contributed by atoms with Crippen LogP contribution in [0.3, 0.4) is 0 Å². The highest BCUT2D eigenvalue weighted by Gasteiger charge is 2.15. The number of rotatable bonds is 7. The first-order valence-corrected chi connectivity index (χ1v) is 7.94. The lowest BCUT2D eigenvalue weighted by Crippen LogP contribution is -2.30. The topological polar surface area (TPSA) is 29.1 Å². The summed E-state index contributed by atoms with van der Waals surface area (Å²) < 4.78 is 10.9. The van der Waals surface area contributed by atoms with E-state index in [0.29, 0.717) is 6.04 Å². The summed E-state index contributed by atoms with van der Waals surface area (Å²) in [6.45, 7) is 3.14. The molecule has 2 unspecified atom stereocenters. The maximum absolute atomic E-state index is 10.9. The Bertz CT molecular complexity index is 190. The molecule has 0 heterocycles. The van der Waals surface area contributed by atoms with Crippen LogP contribution < -0.4 is 5.32 Å². The molecule has 0 aliphatic heterocycles. The summed E-state index contributed by atoms with van der Waals surface area (Å²) in [7, 11) is -0.650. The maximum atomic E-state index is 10.9. The van der Waals surface area contributed by atoms with Crippen molar-refractivity contribution in [3.63, 3.8) is 0 Å². The predicted molar refractivity (Wildman–Crippen MR) is 67.6 cm³/mol. The molecule has 1 aliphatic carbocycles. The molecule has 0 aromatic carbocycles. The SMILES string of the molecule is CC(CCC1CCCC1)NCCS(C)=O. The summed E-state index contributed by atoms with van der Waals surface area (Å²) in [4.78, 5) is 0. The highest BCUT2D eigenvalue weighted by atomic mass is 32.2. The highest BCUT2D eigenvalue weighted by molar-refractivity contribution is 7.84. The van der Waals surface area contributed by atoms with Gasteiger partial charge in [0.05, 0.1) is 0 Å². The van der Waals surface area contributed by atoms with Gasteiger partial charge in [-0.2, -0.15) is 0 Å². The Morgan fingerprint density at radius 2 is 2.07 bits per heavy atom. The second-order valence-corrected chi connectivity index (χ2v) is 6.41. The monoisotopic (exact) mass is 231 g/mol. The first-order valence-electron chi connectivity index (χ1n) is 6.22. The minimum atomic E-state index is -0.650. The van der Waals surface area contributed by atoms with Crippen molar-refractivity contribution >= 4 is 10.8 Å². The molecule has 1 N–H and O–H groups in total. The molecule has 0 saturated heterocycles. The van der Waals surface area contributed by atoms with E-state index in [-0.39, 0.29) is 0 Å². The Labute approximate surface area is 96.7 Å². The van der Waals surface area contributed by atoms with Gasteiger partial charge in [0.1, 0.15) is 0 Å². The van der Waals surface area contributed by atoms with Crippen LogP contribution in [0.5, 0.6) is 0 Å². The molecule has 0 bridgehead atoms. The second-order valence-electron chi connectivity index (χ2n) is 4.86. The molecule has 0 aromatic heterocycles. The van der Waals surface area contributed by atoms with Crippen molar-refractivity contribution in [2.24, 2.45) is 5.92 Å². The van der Waals surface area contributed by atoms with Gasteiger partial charge >= 0.3 is 0 Å². The van der Waals surface area contributed by atoms with Gasteiger partial charge < -0.3 is 5.32 Å². The van der Waals surface area contributed by atoms with E-state index >= 15 is 0 Å². The van der Waals surface area contributed by atoms with Crippen LogP contribution in [-0.2, 0) is 10.8 Å². The number of hydrogen-bond donors (Lipinski definition) is 1. The summed E-state index contributed by atoms with van der Waals surface area (Å²) in [5, 5.41) is 3.44. The van der Waals surface area contributed by atoms with Crippen LogP contribution in [0.25, 0.3) is 0 Å². The van der Waals surface area contributed by atoms with Gasteiger partial charge in [0, 0.05) is 35.4 Å². The lowest BCUT2D eigenvalue weighted by Gasteiger charge is -2.15. The molecule has 1 saturated carbocycles. The third-order valence-electron chi connectivity index (χ3n) is 3.36. The minimum absolute atomic E-state index is 0.592. The van der Waals surface area contributed by atoms with Gasteiger partial charge in [-0.15, -0.1) is 0 Å². The van der Waals surface area contributed by atoms with E-state index in [2.05, 4.69) is 12.2 Å². The average molecular weight is 231 g/mol. The fourth-order valence-corrected chi connectivity index (χ4v) is 2.74. The van der Waals surface area contributed by atoms with E-state index in [1.165, 1.54) is 38.5 Å². The lowest BCUT2D eigenvalue weighted by molar-refractivity contribution is 0.425. The highest BCUT2D eigenvalue weighted by Crippen LogP contribution is 2.28. The van der Waals surface area contributed by atoms with Gasteiger partial charge in [0.15, 0.2) is 0 Å². The molecule has 2 nitrogen and oxygen atoms in total. The molecule has 0 aromatic rings. The molecule has 0 spiro atoms. The van der Waals surface area contributed by atoms with Crippen LogP contribution in [0, 0.1) is 5.92 Å². The zero-order chi connectivity index (χ0) is 11.1. The summed E-state index contributed by atoms with van der Waals surface area (Å²) in [6.07, 6.45) is 10.2. The molecule has 90 valence electrons. The Morgan fingerprint density at radius 1 is 1.40 bits per heavy atom. The Balaban J connectivity index is 1.97. The number of hydrogen-bond acceptors (Lipinski definition) is 2. The molecule has 0 radical (unpaired) electrons. The normalized spacial score (nSPS) is 21.7. The molecule has 3 heteroatoms. The molecular formula is C12H25NOS. The quantitative estimate of drug-likeness (QED) is 0.728. The van der Waals surface area contributed by atoms with E-state index < -0.39 is 10.8 Å². The molecule has 0 amide bonds. The van der Waals surface area contributed by atoms with Crippen LogP contribution in [-0.4, -0.2) is 28.8 Å². The first-order chi connectivity index (χ1) is 7.18. The number of nitrogens with one attached hydrogen (secondary N) is 1. The molecule has 1 aliphatic rings. The Morgan fingerprint density at radius 3 is 2.67 bits per heavy atom. The minimum Gasteiger partial charge on any atom is -0.313 e. The van der Waals surface area contributed by atoms with E-state index in [1.807, 2.05) is 0 Å². The standard InChI is InChI=1S/C12H25NOS/c1-11(13-9-10-15(2)14)7-8-12-5-3-4-6-12/h11-13H,3-10H2,1-2H3. The predicted octanol–water partition coefficient (Wildman–Crippen LogP) is 2.31. The van der Waals surface area contributed by atoms with Crippen LogP contribution in [0.15, 0.2) is 0 Å². The van der Waals surface area contributed by atoms with Crippen molar-refractivity contribution in [1.82, 2.24) is 5.32 Å². The van der Waals surface area contributed by atoms with Crippen molar-refractivity contribution in [3.05, 3.63) is 0 Å². The van der Waals surface area contributed by atoms with Gasteiger partial charge in [-0.05, 0) is 25.7 Å². The molecule has 1 rings (SSSR count). The van der Waals surface area contributed by atoms with Gasteiger partial charge in [-0.1, -0.05) is 25.7 Å². The third kappa shape index (κ3) is 6.31. The van der Waals surface area contributed by atoms with E-state index in [0.717, 1.165) is 18.2 Å². The molecule has 2 atom stereocenters. The lowest BCUT2D eigenvalue weighted by atomic mass is 9.99.